The summed E-state index contributed by atoms with van der Waals surface area (Å²) in [5.41, 5.74) is 1.46. The predicted molar refractivity (Wildman–Crippen MR) is 142 cm³/mol. The third kappa shape index (κ3) is 8.43. The quantitative estimate of drug-likeness (QED) is 0.284. The van der Waals surface area contributed by atoms with Gasteiger partial charge in [0, 0.05) is 18.4 Å². The molecule has 0 saturated carbocycles. The second kappa shape index (κ2) is 13.2. The Balaban J connectivity index is 1.43. The molecule has 0 aromatic carbocycles. The number of esters is 1. The minimum atomic E-state index is -0.473. The van der Waals surface area contributed by atoms with E-state index in [1.807, 2.05) is 6.08 Å². The molecule has 1 saturated heterocycles. The first-order chi connectivity index (χ1) is 17.4. The van der Waals surface area contributed by atoms with Crippen molar-refractivity contribution in [3.05, 3.63) is 48.1 Å². The Hall–Kier alpha value is -1.69. The van der Waals surface area contributed by atoms with Crippen LogP contribution < -0.4 is 0 Å². The van der Waals surface area contributed by atoms with Gasteiger partial charge >= 0.3 is 5.97 Å². The normalized spacial score (nSPS) is 40.3. The van der Waals surface area contributed by atoms with E-state index in [0.717, 1.165) is 32.1 Å². The molecule has 9 atom stereocenters. The molecule has 36 heavy (non-hydrogen) atoms. The molecule has 3 aliphatic heterocycles. The van der Waals surface area contributed by atoms with Crippen LogP contribution in [0.15, 0.2) is 48.1 Å². The van der Waals surface area contributed by atoms with Crippen molar-refractivity contribution >= 4 is 5.97 Å². The maximum atomic E-state index is 12.7. The molecule has 0 spiro atoms. The van der Waals surface area contributed by atoms with Gasteiger partial charge in [0.15, 0.2) is 0 Å². The summed E-state index contributed by atoms with van der Waals surface area (Å²) >= 11 is 0. The van der Waals surface area contributed by atoms with Gasteiger partial charge in [-0.05, 0) is 63.7 Å². The third-order valence-corrected chi connectivity index (χ3v) is 8.19. The van der Waals surface area contributed by atoms with Crippen molar-refractivity contribution in [2.24, 2.45) is 17.8 Å². The number of ether oxygens (including phenoxy) is 3. The Morgan fingerprint density at radius 3 is 2.78 bits per heavy atom. The van der Waals surface area contributed by atoms with Crippen LogP contribution >= 0.6 is 0 Å². The molecule has 3 heterocycles. The zero-order chi connectivity index (χ0) is 25.5. The van der Waals surface area contributed by atoms with Crippen LogP contribution in [0.2, 0.25) is 0 Å². The van der Waals surface area contributed by atoms with Crippen LogP contribution in [0.25, 0.3) is 0 Å². The lowest BCUT2D eigenvalue weighted by molar-refractivity contribution is -0.145. The molecule has 0 amide bonds. The maximum absolute atomic E-state index is 12.7. The number of hydrogen-bond donors (Lipinski definition) is 1. The van der Waals surface area contributed by atoms with E-state index in [-0.39, 0.29) is 42.4 Å². The summed E-state index contributed by atoms with van der Waals surface area (Å²) in [6.45, 7) is 6.53. The zero-order valence-corrected chi connectivity index (χ0v) is 22.4. The topological polar surface area (TPSA) is 68.3 Å². The number of cyclic esters (lactones) is 1. The predicted octanol–water partition coefficient (Wildman–Crippen LogP) is 6.23. The Bertz CT molecular complexity index is 842. The number of carbonyl (C=O) groups excluding carboxylic acids is 1. The lowest BCUT2D eigenvalue weighted by atomic mass is 9.89. The molecule has 4 rings (SSSR count). The van der Waals surface area contributed by atoms with Gasteiger partial charge < -0.3 is 19.3 Å². The number of allylic oxidation sites excluding steroid dienone is 3. The molecule has 6 unspecified atom stereocenters. The smallest absolute Gasteiger partial charge is 0.330 e. The van der Waals surface area contributed by atoms with Gasteiger partial charge in [-0.25, -0.2) is 4.79 Å². The Labute approximate surface area is 217 Å². The molecular weight excluding hydrogens is 452 g/mol. The lowest BCUT2D eigenvalue weighted by Gasteiger charge is -2.26. The first-order valence-corrected chi connectivity index (χ1v) is 14.3. The molecule has 5 heteroatoms. The summed E-state index contributed by atoms with van der Waals surface area (Å²) in [5, 5.41) is 10.8. The fourth-order valence-corrected chi connectivity index (χ4v) is 5.92. The van der Waals surface area contributed by atoms with Crippen LogP contribution in [-0.4, -0.2) is 47.7 Å². The Morgan fingerprint density at radius 1 is 1.08 bits per heavy atom. The van der Waals surface area contributed by atoms with Crippen molar-refractivity contribution in [3.8, 4) is 0 Å². The molecule has 1 aliphatic carbocycles. The number of aliphatic hydroxyl groups is 1. The van der Waals surface area contributed by atoms with Crippen molar-refractivity contribution in [3.63, 3.8) is 0 Å². The highest BCUT2D eigenvalue weighted by Gasteiger charge is 2.46. The Kier molecular flexibility index (Phi) is 10.0. The Morgan fingerprint density at radius 2 is 1.94 bits per heavy atom. The first-order valence-electron chi connectivity index (χ1n) is 14.3. The summed E-state index contributed by atoms with van der Waals surface area (Å²) in [4.78, 5) is 12.7. The standard InChI is InChI=1S/C31H46O5/c1-21-8-4-10-24(18-21)17-16-23(3)28-20-29-31(36-29)27(32)19-22(2)9-5-11-25-12-6-13-26(34-25)14-7-15-30(33)35-28/h6-7,13,15-18,22-29,31-32H,4-5,8-12,14,19-20H2,1-3H3/b15-7-,17-16+/t22?,23?,24?,25-,26?,27+,28?,29+,31?/m1/s1. The van der Waals surface area contributed by atoms with Crippen LogP contribution in [0.1, 0.15) is 85.0 Å². The molecule has 0 aromatic rings. The van der Waals surface area contributed by atoms with Gasteiger partial charge in [0.25, 0.3) is 0 Å². The maximum Gasteiger partial charge on any atom is 0.330 e. The van der Waals surface area contributed by atoms with Crippen molar-refractivity contribution in [1.29, 1.82) is 0 Å². The zero-order valence-electron chi connectivity index (χ0n) is 22.4. The van der Waals surface area contributed by atoms with E-state index >= 15 is 0 Å². The van der Waals surface area contributed by atoms with E-state index in [9.17, 15) is 9.90 Å². The van der Waals surface area contributed by atoms with E-state index in [1.54, 1.807) is 6.08 Å². The van der Waals surface area contributed by atoms with Gasteiger partial charge in [-0.1, -0.05) is 68.7 Å². The van der Waals surface area contributed by atoms with Gasteiger partial charge in [0.2, 0.25) is 0 Å². The van der Waals surface area contributed by atoms with Crippen LogP contribution in [0.5, 0.6) is 0 Å². The molecule has 4 aliphatic rings. The molecular formula is C31H46O5. The van der Waals surface area contributed by atoms with E-state index in [1.165, 1.54) is 24.8 Å². The molecule has 1 N–H and O–H groups in total. The highest BCUT2D eigenvalue weighted by atomic mass is 16.6. The summed E-state index contributed by atoms with van der Waals surface area (Å²) in [6, 6.07) is 0. The van der Waals surface area contributed by atoms with Crippen LogP contribution in [0, 0.1) is 17.8 Å². The largest absolute Gasteiger partial charge is 0.459 e. The molecule has 0 radical (unpaired) electrons. The number of rotatable bonds is 3. The molecule has 0 aromatic heterocycles. The summed E-state index contributed by atoms with van der Waals surface area (Å²) in [7, 11) is 0. The fourth-order valence-electron chi connectivity index (χ4n) is 5.92. The fraction of sp³-hybridized carbons (Fsp3) is 0.710. The number of fused-ring (bicyclic) bond motifs is 3. The monoisotopic (exact) mass is 498 g/mol. The molecule has 2 bridgehead atoms. The molecule has 200 valence electrons. The van der Waals surface area contributed by atoms with E-state index in [0.29, 0.717) is 24.7 Å². The van der Waals surface area contributed by atoms with E-state index < -0.39 is 6.10 Å². The average Bonchev–Trinajstić information content (AvgIpc) is 3.61. The minimum Gasteiger partial charge on any atom is -0.459 e. The van der Waals surface area contributed by atoms with Crippen molar-refractivity contribution < 1.29 is 24.1 Å². The number of carbonyl (C=O) groups is 1. The van der Waals surface area contributed by atoms with Crippen molar-refractivity contribution in [2.45, 2.75) is 122 Å². The highest BCUT2D eigenvalue weighted by Crippen LogP contribution is 2.35. The summed E-state index contributed by atoms with van der Waals surface area (Å²) in [6.07, 6.45) is 23.6. The lowest BCUT2D eigenvalue weighted by Crippen LogP contribution is -2.28. The number of epoxide rings is 1. The average molecular weight is 499 g/mol. The van der Waals surface area contributed by atoms with Gasteiger partial charge in [-0.3, -0.25) is 0 Å². The van der Waals surface area contributed by atoms with Crippen LogP contribution in [-0.2, 0) is 19.0 Å². The third-order valence-electron chi connectivity index (χ3n) is 8.19. The van der Waals surface area contributed by atoms with E-state index in [2.05, 4.69) is 51.2 Å². The number of hydrogen-bond acceptors (Lipinski definition) is 5. The molecule has 1 fully saturated rings. The van der Waals surface area contributed by atoms with Gasteiger partial charge in [-0.15, -0.1) is 0 Å². The summed E-state index contributed by atoms with van der Waals surface area (Å²) < 4.78 is 18.1. The van der Waals surface area contributed by atoms with Crippen molar-refractivity contribution in [1.82, 2.24) is 0 Å². The van der Waals surface area contributed by atoms with Crippen molar-refractivity contribution in [2.75, 3.05) is 0 Å². The SMILES string of the molecule is CC1=CC(/C=C/C(C)C2C[C@@H]3OC3[C@@H](O)CC(C)CCC[C@@H]3CC=CC(C/C=C\C(=O)O2)O3)CCC1. The van der Waals surface area contributed by atoms with E-state index in [4.69, 9.17) is 14.2 Å². The second-order valence-corrected chi connectivity index (χ2v) is 11.6. The number of aliphatic hydroxyl groups excluding tert-OH is 1. The summed E-state index contributed by atoms with van der Waals surface area (Å²) in [5.74, 6) is 0.632. The van der Waals surface area contributed by atoms with Gasteiger partial charge in [-0.2, -0.15) is 0 Å². The van der Waals surface area contributed by atoms with Gasteiger partial charge in [0.05, 0.1) is 24.4 Å². The van der Waals surface area contributed by atoms with Crippen LogP contribution in [0.3, 0.4) is 0 Å². The van der Waals surface area contributed by atoms with Crippen LogP contribution in [0.4, 0.5) is 0 Å². The minimum absolute atomic E-state index is 0.0104. The van der Waals surface area contributed by atoms with Gasteiger partial charge in [0.1, 0.15) is 12.2 Å². The molecule has 5 nitrogen and oxygen atoms in total. The first kappa shape index (κ1) is 27.3. The second-order valence-electron chi connectivity index (χ2n) is 11.6. The highest BCUT2D eigenvalue weighted by molar-refractivity contribution is 5.82.